The molecule has 1 amide bonds. The van der Waals surface area contributed by atoms with Crippen molar-refractivity contribution in [3.05, 3.63) is 69.6 Å². The van der Waals surface area contributed by atoms with Crippen molar-refractivity contribution < 1.29 is 58.5 Å². The van der Waals surface area contributed by atoms with E-state index in [1.165, 1.54) is 40.0 Å². The Morgan fingerprint density at radius 2 is 1.65 bits per heavy atom. The molecule has 3 heterocycles. The van der Waals surface area contributed by atoms with Gasteiger partial charge in [-0.1, -0.05) is 45.9 Å². The van der Waals surface area contributed by atoms with E-state index in [1.807, 2.05) is 14.1 Å². The van der Waals surface area contributed by atoms with Crippen LogP contribution in [0.4, 0.5) is 11.4 Å². The minimum atomic E-state index is -1.35. The number of Topliss-reactive ketones (excluding diaryl/α,β-unsaturated/α-hetero) is 1. The van der Waals surface area contributed by atoms with Gasteiger partial charge in [0.25, 0.3) is 5.91 Å². The summed E-state index contributed by atoms with van der Waals surface area (Å²) in [6.45, 7) is 15.7. The second kappa shape index (κ2) is 20.3. The number of carbonyl (C=O) groups is 3. The minimum absolute atomic E-state index is 0.0185. The van der Waals surface area contributed by atoms with Crippen molar-refractivity contribution in [1.82, 2.24) is 9.88 Å². The maximum Gasteiger partial charge on any atom is 0.302 e. The average Bonchev–Trinajstić information content (AvgIpc) is 3.55. The molecule has 6 rings (SSSR count). The normalized spacial score (nSPS) is 19.3. The van der Waals surface area contributed by atoms with Crippen LogP contribution in [-0.4, -0.2) is 123 Å². The maximum atomic E-state index is 14.7. The summed E-state index contributed by atoms with van der Waals surface area (Å²) >= 11 is 0. The predicted molar refractivity (Wildman–Crippen MR) is 259 cm³/mol. The first-order valence-corrected chi connectivity index (χ1v) is 23.0. The van der Waals surface area contributed by atoms with Crippen LogP contribution in [0, 0.1) is 30.6 Å². The van der Waals surface area contributed by atoms with Gasteiger partial charge in [0, 0.05) is 91.2 Å². The lowest BCUT2D eigenvalue weighted by molar-refractivity contribution is -0.160. The van der Waals surface area contributed by atoms with Crippen LogP contribution in [0.3, 0.4) is 0 Å². The molecular weight excluding hydrogens is 877 g/mol. The molecule has 17 heteroatoms. The predicted octanol–water partition coefficient (Wildman–Crippen LogP) is 6.78. The maximum absolute atomic E-state index is 14.7. The summed E-state index contributed by atoms with van der Waals surface area (Å²) in [6.07, 6.45) is 5.05. The summed E-state index contributed by atoms with van der Waals surface area (Å²) in [5.74, 6) is -4.93. The summed E-state index contributed by atoms with van der Waals surface area (Å²) in [7, 11) is 5.54. The number of aromatic nitrogens is 1. The number of ether oxygens (including phenoxy) is 3. The second-order valence-corrected chi connectivity index (χ2v) is 19.2. The molecule has 6 N–H and O–H groups in total. The third-order valence-electron chi connectivity index (χ3n) is 13.9. The van der Waals surface area contributed by atoms with Gasteiger partial charge < -0.3 is 59.3 Å². The van der Waals surface area contributed by atoms with Crippen molar-refractivity contribution in [3.63, 3.8) is 0 Å². The van der Waals surface area contributed by atoms with Gasteiger partial charge in [-0.15, -0.1) is 0 Å². The highest BCUT2D eigenvalue weighted by Gasteiger charge is 2.45. The number of aliphatic hydroxyl groups is 3. The lowest BCUT2D eigenvalue weighted by atomic mass is 9.78. The third kappa shape index (κ3) is 9.79. The van der Waals surface area contributed by atoms with Gasteiger partial charge in [-0.3, -0.25) is 19.2 Å². The Morgan fingerprint density at radius 3 is 2.25 bits per heavy atom. The molecule has 8 atom stereocenters. The summed E-state index contributed by atoms with van der Waals surface area (Å²) in [6, 6.07) is 3.71. The SMILES string of the molecule is CO[C@@H](/C=C/O)[C@@H](C)[C@@H](OC(C)=O)[C@H](C)[C@H](O)[C@H](C)[C@@H](O)[C@@H](C)/C=C/C=C(/C)C(=O)Nc1c2oc3cc(N4CCC(N(C)C)CC4)cc(O)c3nc-2c2c3c(c(C)c(O)c2c1=O)OC(C)(C)C3=O. The van der Waals surface area contributed by atoms with Crippen LogP contribution in [-0.2, 0) is 19.1 Å². The summed E-state index contributed by atoms with van der Waals surface area (Å²) < 4.78 is 23.6. The van der Waals surface area contributed by atoms with Gasteiger partial charge >= 0.3 is 5.97 Å². The molecule has 0 spiro atoms. The Labute approximate surface area is 396 Å². The van der Waals surface area contributed by atoms with E-state index < -0.39 is 82.5 Å². The van der Waals surface area contributed by atoms with E-state index >= 15 is 0 Å². The molecule has 17 nitrogen and oxygen atoms in total. The summed E-state index contributed by atoms with van der Waals surface area (Å²) in [5.41, 5.74) is -1.50. The number of nitrogens with zero attached hydrogens (tertiary/aromatic N) is 3. The Hall–Kier alpha value is -6.01. The lowest BCUT2D eigenvalue weighted by Crippen LogP contribution is -2.46. The number of esters is 1. The third-order valence-corrected chi connectivity index (χ3v) is 13.9. The Kier molecular flexibility index (Phi) is 15.3. The first-order valence-electron chi connectivity index (χ1n) is 23.0. The van der Waals surface area contributed by atoms with Gasteiger partial charge in [-0.25, -0.2) is 4.98 Å². The number of hydrogen-bond donors (Lipinski definition) is 6. The Bertz CT molecular complexity index is 2700. The molecule has 4 aliphatic rings. The molecule has 0 radical (unpaired) electrons. The van der Waals surface area contributed by atoms with E-state index in [4.69, 9.17) is 23.6 Å². The molecule has 2 aromatic carbocycles. The molecule has 0 unspecified atom stereocenters. The van der Waals surface area contributed by atoms with E-state index in [2.05, 4.69) is 15.1 Å². The first kappa shape index (κ1) is 51.4. The molecule has 2 aromatic rings. The highest BCUT2D eigenvalue weighted by Crippen LogP contribution is 2.50. The van der Waals surface area contributed by atoms with E-state index in [0.717, 1.165) is 19.1 Å². The zero-order valence-corrected chi connectivity index (χ0v) is 40.9. The standard InChI is InChI=1S/C51H66N4O13/c1-24(42(59)27(4)43(60)28(5)46(66-30(7)57)26(3)34(65-12)18-21-56)14-13-15-25(2)50(64)53-41-45(62)37-36(38-47(29(6)44(37)61)68-51(8,9)49(38)63)40-48(41)67-35-23-32(22-33(58)39(35)52-40)55-19-16-31(17-20-55)54(10)11/h13-15,18,21-24,26-28,31,34,42-43,46,56,58-61H,16-17,19-20H2,1-12H3,(H,53,64)/b14-13+,21-18+,25-15-/t24-,26+,27+,28+,34-,42-,43+,46+/m0/s1. The number of benzene rings is 3. The van der Waals surface area contributed by atoms with Gasteiger partial charge in [-0.05, 0) is 60.7 Å². The largest absolute Gasteiger partial charge is 0.516 e. The molecule has 0 aromatic heterocycles. The van der Waals surface area contributed by atoms with Crippen LogP contribution in [0.5, 0.6) is 17.2 Å². The highest BCUT2D eigenvalue weighted by atomic mass is 16.5. The van der Waals surface area contributed by atoms with Crippen molar-refractivity contribution in [2.45, 2.75) is 111 Å². The van der Waals surface area contributed by atoms with Crippen LogP contribution in [0.25, 0.3) is 33.3 Å². The number of aliphatic hydroxyl groups excluding tert-OH is 3. The molecule has 68 heavy (non-hydrogen) atoms. The van der Waals surface area contributed by atoms with Crippen LogP contribution in [0.15, 0.2) is 57.5 Å². The molecule has 1 saturated heterocycles. The molecule has 0 saturated carbocycles. The van der Waals surface area contributed by atoms with Crippen LogP contribution in [0.1, 0.15) is 84.2 Å². The number of rotatable bonds is 16. The number of anilines is 2. The number of aromatic hydroxyl groups is 2. The topological polar surface area (TPSA) is 242 Å². The summed E-state index contributed by atoms with van der Waals surface area (Å²) in [5, 5.41) is 57.7. The number of carbonyl (C=O) groups excluding carboxylic acids is 3. The van der Waals surface area contributed by atoms with Crippen molar-refractivity contribution in [2.75, 3.05) is 44.5 Å². The number of methoxy groups -OCH3 is 1. The Morgan fingerprint density at radius 1 is 0.985 bits per heavy atom. The fraction of sp³-hybridized carbons (Fsp3) is 0.510. The Balaban J connectivity index is 1.34. The van der Waals surface area contributed by atoms with E-state index in [9.17, 15) is 44.7 Å². The second-order valence-electron chi connectivity index (χ2n) is 19.2. The van der Waals surface area contributed by atoms with Crippen LogP contribution in [0.2, 0.25) is 0 Å². The smallest absolute Gasteiger partial charge is 0.302 e. The zero-order chi connectivity index (χ0) is 50.3. The van der Waals surface area contributed by atoms with E-state index in [-0.39, 0.29) is 67.2 Å². The molecule has 0 bridgehead atoms. The van der Waals surface area contributed by atoms with E-state index in [1.54, 1.807) is 65.8 Å². The van der Waals surface area contributed by atoms with Gasteiger partial charge in [-0.2, -0.15) is 0 Å². The molecule has 1 fully saturated rings. The number of ketones is 1. The number of phenolic OH excluding ortho intramolecular Hbond substituents is 2. The van der Waals surface area contributed by atoms with E-state index in [0.29, 0.717) is 24.8 Å². The molecule has 1 aliphatic carbocycles. The number of allylic oxidation sites excluding steroid dienone is 2. The first-order chi connectivity index (χ1) is 31.9. The van der Waals surface area contributed by atoms with Gasteiger partial charge in [0.1, 0.15) is 40.3 Å². The van der Waals surface area contributed by atoms with Crippen molar-refractivity contribution in [1.29, 1.82) is 0 Å². The van der Waals surface area contributed by atoms with Crippen molar-refractivity contribution >= 4 is 50.9 Å². The molecule has 368 valence electrons. The number of fused-ring (bicyclic) bond motifs is 6. The monoisotopic (exact) mass is 942 g/mol. The molecular formula is C51H66N4O13. The summed E-state index contributed by atoms with van der Waals surface area (Å²) in [4.78, 5) is 63.9. The quantitative estimate of drug-likeness (QED) is 0.0169. The van der Waals surface area contributed by atoms with Crippen LogP contribution < -0.4 is 20.4 Å². The fourth-order valence-electron chi connectivity index (χ4n) is 9.59. The van der Waals surface area contributed by atoms with Gasteiger partial charge in [0.15, 0.2) is 16.9 Å². The molecule has 3 aliphatic heterocycles. The number of piperidine rings is 1. The number of amides is 1. The number of nitrogens with one attached hydrogen (secondary N) is 1. The number of hydrogen-bond acceptors (Lipinski definition) is 16. The van der Waals surface area contributed by atoms with Crippen molar-refractivity contribution in [2.24, 2.45) is 23.7 Å². The van der Waals surface area contributed by atoms with Gasteiger partial charge in [0.05, 0.1) is 35.5 Å². The number of phenols is 2. The average molecular weight is 943 g/mol. The zero-order valence-electron chi connectivity index (χ0n) is 40.9. The fourth-order valence-corrected chi connectivity index (χ4v) is 9.59. The minimum Gasteiger partial charge on any atom is -0.516 e. The van der Waals surface area contributed by atoms with Gasteiger partial charge in [0.2, 0.25) is 11.2 Å². The highest BCUT2D eigenvalue weighted by molar-refractivity contribution is 6.22. The lowest BCUT2D eigenvalue weighted by Gasteiger charge is -2.37. The van der Waals surface area contributed by atoms with Crippen molar-refractivity contribution in [3.8, 4) is 28.7 Å². The van der Waals surface area contributed by atoms with Crippen LogP contribution >= 0.6 is 0 Å².